The van der Waals surface area contributed by atoms with E-state index in [9.17, 15) is 4.79 Å². The number of ether oxygens (including phenoxy) is 2. The van der Waals surface area contributed by atoms with Gasteiger partial charge in [-0.2, -0.15) is 4.80 Å². The van der Waals surface area contributed by atoms with Gasteiger partial charge in [0.25, 0.3) is 5.91 Å². The van der Waals surface area contributed by atoms with Gasteiger partial charge in [0, 0.05) is 5.69 Å². The molecule has 1 heterocycles. The molecule has 1 N–H and O–H groups in total. The maximum absolute atomic E-state index is 12.2. The molecule has 0 saturated carbocycles. The van der Waals surface area contributed by atoms with Gasteiger partial charge in [-0.1, -0.05) is 19.1 Å². The van der Waals surface area contributed by atoms with E-state index in [2.05, 4.69) is 34.6 Å². The Kier molecular flexibility index (Phi) is 5.61. The zero-order valence-electron chi connectivity index (χ0n) is 16.8. The number of nitrogens with one attached hydrogen (secondary N) is 1. The molecule has 0 fully saturated rings. The number of hydrogen-bond donors (Lipinski definition) is 1. The lowest BCUT2D eigenvalue weighted by molar-refractivity contribution is -0.118. The van der Waals surface area contributed by atoms with Crippen molar-refractivity contribution < 1.29 is 14.3 Å². The van der Waals surface area contributed by atoms with E-state index in [0.29, 0.717) is 17.0 Å². The normalized spacial score (nSPS) is 10.7. The average molecular weight is 402 g/mol. The third-order valence-electron chi connectivity index (χ3n) is 4.67. The van der Waals surface area contributed by atoms with Crippen LogP contribution in [-0.4, -0.2) is 34.6 Å². The van der Waals surface area contributed by atoms with Crippen LogP contribution in [0.15, 0.2) is 66.7 Å². The lowest BCUT2D eigenvalue weighted by Gasteiger charge is -2.08. The van der Waals surface area contributed by atoms with Crippen LogP contribution in [-0.2, 0) is 11.2 Å². The summed E-state index contributed by atoms with van der Waals surface area (Å²) in [6.07, 6.45) is 0.986. The van der Waals surface area contributed by atoms with E-state index in [-0.39, 0.29) is 12.5 Å². The number of aryl methyl sites for hydroxylation is 1. The molecule has 1 amide bonds. The fraction of sp³-hybridized carbons (Fsp3) is 0.174. The van der Waals surface area contributed by atoms with Gasteiger partial charge in [0.2, 0.25) is 0 Å². The van der Waals surface area contributed by atoms with Crippen LogP contribution in [0.25, 0.3) is 16.7 Å². The second-order valence-corrected chi connectivity index (χ2v) is 6.73. The molecule has 0 aliphatic rings. The number of methoxy groups -OCH3 is 1. The van der Waals surface area contributed by atoms with Gasteiger partial charge in [0.15, 0.2) is 6.61 Å². The quantitative estimate of drug-likeness (QED) is 0.505. The number of benzene rings is 3. The van der Waals surface area contributed by atoms with Crippen LogP contribution >= 0.6 is 0 Å². The molecule has 152 valence electrons. The molecule has 3 aromatic carbocycles. The number of anilines is 1. The second kappa shape index (κ2) is 8.65. The van der Waals surface area contributed by atoms with Crippen LogP contribution < -0.4 is 14.8 Å². The summed E-state index contributed by atoms with van der Waals surface area (Å²) in [4.78, 5) is 13.8. The molecule has 4 aromatic rings. The highest BCUT2D eigenvalue weighted by molar-refractivity contribution is 5.93. The highest BCUT2D eigenvalue weighted by Gasteiger charge is 2.09. The van der Waals surface area contributed by atoms with E-state index in [1.807, 2.05) is 18.2 Å². The third-order valence-corrected chi connectivity index (χ3v) is 4.67. The number of carbonyl (C=O) groups is 1. The van der Waals surface area contributed by atoms with Crippen LogP contribution in [0.4, 0.5) is 5.69 Å². The number of aromatic nitrogens is 3. The van der Waals surface area contributed by atoms with Crippen molar-refractivity contribution in [2.24, 2.45) is 0 Å². The van der Waals surface area contributed by atoms with E-state index in [4.69, 9.17) is 9.47 Å². The van der Waals surface area contributed by atoms with Gasteiger partial charge in [-0.3, -0.25) is 4.79 Å². The van der Waals surface area contributed by atoms with Crippen molar-refractivity contribution in [2.45, 2.75) is 13.3 Å². The highest BCUT2D eigenvalue weighted by Crippen LogP contribution is 2.19. The molecule has 4 rings (SSSR count). The fourth-order valence-corrected chi connectivity index (χ4v) is 2.99. The smallest absolute Gasteiger partial charge is 0.262 e. The second-order valence-electron chi connectivity index (χ2n) is 6.73. The van der Waals surface area contributed by atoms with Crippen LogP contribution in [0.3, 0.4) is 0 Å². The van der Waals surface area contributed by atoms with Gasteiger partial charge < -0.3 is 14.8 Å². The molecule has 0 bridgehead atoms. The number of amides is 1. The van der Waals surface area contributed by atoms with Crippen molar-refractivity contribution in [2.75, 3.05) is 19.0 Å². The first-order chi connectivity index (χ1) is 14.6. The molecule has 0 saturated heterocycles. The van der Waals surface area contributed by atoms with Gasteiger partial charge in [-0.15, -0.1) is 10.2 Å². The zero-order chi connectivity index (χ0) is 20.9. The molecule has 0 aliphatic heterocycles. The predicted molar refractivity (Wildman–Crippen MR) is 115 cm³/mol. The molecule has 1 aromatic heterocycles. The number of rotatable bonds is 7. The Morgan fingerprint density at radius 3 is 2.33 bits per heavy atom. The van der Waals surface area contributed by atoms with Crippen molar-refractivity contribution in [1.29, 1.82) is 0 Å². The first kappa shape index (κ1) is 19.4. The molecule has 7 nitrogen and oxygen atoms in total. The Labute approximate surface area is 174 Å². The number of fused-ring (bicyclic) bond motifs is 1. The minimum absolute atomic E-state index is 0.0964. The van der Waals surface area contributed by atoms with E-state index >= 15 is 0 Å². The molecular weight excluding hydrogens is 380 g/mol. The fourth-order valence-electron chi connectivity index (χ4n) is 2.99. The van der Waals surface area contributed by atoms with Crippen LogP contribution in [0.5, 0.6) is 11.5 Å². The van der Waals surface area contributed by atoms with Crippen LogP contribution in [0.2, 0.25) is 0 Å². The largest absolute Gasteiger partial charge is 0.497 e. The van der Waals surface area contributed by atoms with Crippen molar-refractivity contribution in [3.05, 3.63) is 72.3 Å². The van der Waals surface area contributed by atoms with Gasteiger partial charge in [0.05, 0.1) is 12.8 Å². The summed E-state index contributed by atoms with van der Waals surface area (Å²) in [5, 5.41) is 11.9. The minimum Gasteiger partial charge on any atom is -0.497 e. The number of carbonyl (C=O) groups excluding carboxylic acids is 1. The van der Waals surface area contributed by atoms with Crippen molar-refractivity contribution in [3.8, 4) is 17.2 Å². The molecule has 30 heavy (non-hydrogen) atoms. The lowest BCUT2D eigenvalue weighted by atomic mass is 10.2. The van der Waals surface area contributed by atoms with Crippen molar-refractivity contribution >= 4 is 22.6 Å². The Hall–Kier alpha value is -3.87. The van der Waals surface area contributed by atoms with E-state index in [0.717, 1.165) is 23.4 Å². The first-order valence-corrected chi connectivity index (χ1v) is 9.68. The summed E-state index contributed by atoms with van der Waals surface area (Å²) in [5.74, 6) is 1.07. The highest BCUT2D eigenvalue weighted by atomic mass is 16.5. The Balaban J connectivity index is 1.41. The standard InChI is InChI=1S/C23H22N4O3/c1-3-16-4-7-18(8-5-16)27-25-21-13-6-17(14-22(21)26-27)24-23(28)15-30-20-11-9-19(29-2)10-12-20/h4-14H,3,15H2,1-2H3,(H,24,28). The summed E-state index contributed by atoms with van der Waals surface area (Å²) >= 11 is 0. The number of nitrogens with zero attached hydrogens (tertiary/aromatic N) is 3. The molecule has 0 spiro atoms. The summed E-state index contributed by atoms with van der Waals surface area (Å²) in [5.41, 5.74) is 4.24. The maximum Gasteiger partial charge on any atom is 0.262 e. The summed E-state index contributed by atoms with van der Waals surface area (Å²) in [6.45, 7) is 2.02. The van der Waals surface area contributed by atoms with E-state index < -0.39 is 0 Å². The topological polar surface area (TPSA) is 78.3 Å². The van der Waals surface area contributed by atoms with Gasteiger partial charge >= 0.3 is 0 Å². The monoisotopic (exact) mass is 402 g/mol. The van der Waals surface area contributed by atoms with Gasteiger partial charge in [-0.05, 0) is 66.6 Å². The maximum atomic E-state index is 12.2. The van der Waals surface area contributed by atoms with E-state index in [1.165, 1.54) is 5.56 Å². The molecule has 0 aliphatic carbocycles. The minimum atomic E-state index is -0.257. The molecule has 0 unspecified atom stereocenters. The summed E-state index contributed by atoms with van der Waals surface area (Å²) in [6, 6.07) is 20.6. The van der Waals surface area contributed by atoms with Crippen LogP contribution in [0, 0.1) is 0 Å². The number of hydrogen-bond acceptors (Lipinski definition) is 5. The first-order valence-electron chi connectivity index (χ1n) is 9.68. The Morgan fingerprint density at radius 2 is 1.63 bits per heavy atom. The van der Waals surface area contributed by atoms with Crippen LogP contribution in [0.1, 0.15) is 12.5 Å². The molecule has 7 heteroatoms. The van der Waals surface area contributed by atoms with E-state index in [1.54, 1.807) is 48.3 Å². The predicted octanol–water partition coefficient (Wildman–Crippen LogP) is 4.01. The summed E-state index contributed by atoms with van der Waals surface area (Å²) in [7, 11) is 1.60. The summed E-state index contributed by atoms with van der Waals surface area (Å²) < 4.78 is 10.6. The SMILES string of the molecule is CCc1ccc(-n2nc3ccc(NC(=O)COc4ccc(OC)cc4)cc3n2)cc1. The molecular formula is C23H22N4O3. The van der Waals surface area contributed by atoms with Gasteiger partial charge in [0.1, 0.15) is 22.5 Å². The van der Waals surface area contributed by atoms with Crippen molar-refractivity contribution in [3.63, 3.8) is 0 Å². The van der Waals surface area contributed by atoms with Gasteiger partial charge in [-0.25, -0.2) is 0 Å². The molecule has 0 radical (unpaired) electrons. The third kappa shape index (κ3) is 4.41. The Bertz CT molecular complexity index is 1150. The zero-order valence-corrected chi connectivity index (χ0v) is 16.8. The van der Waals surface area contributed by atoms with Crippen molar-refractivity contribution in [1.82, 2.24) is 15.0 Å². The average Bonchev–Trinajstić information content (AvgIpc) is 3.21. The Morgan fingerprint density at radius 1 is 0.933 bits per heavy atom. The molecule has 0 atom stereocenters. The lowest BCUT2D eigenvalue weighted by Crippen LogP contribution is -2.20.